The minimum absolute atomic E-state index is 0.168. The number of alkyl carbamates (subject to hydrolysis) is 1. The Bertz CT molecular complexity index is 638. The predicted molar refractivity (Wildman–Crippen MR) is 85.4 cm³/mol. The number of aromatic amines is 1. The quantitative estimate of drug-likeness (QED) is 0.840. The normalized spacial score (nSPS) is 12.9. The van der Waals surface area contributed by atoms with Gasteiger partial charge in [-0.1, -0.05) is 24.3 Å². The Labute approximate surface area is 125 Å². The Balaban J connectivity index is 2.06. The molecule has 0 aliphatic heterocycles. The maximum absolute atomic E-state index is 11.8. The van der Waals surface area contributed by atoms with Crippen molar-refractivity contribution in [1.82, 2.24) is 10.3 Å². The van der Waals surface area contributed by atoms with E-state index in [1.54, 1.807) is 6.08 Å². The third-order valence-corrected chi connectivity index (χ3v) is 3.10. The molecule has 0 fully saturated rings. The summed E-state index contributed by atoms with van der Waals surface area (Å²) in [4.78, 5) is 15.1. The second-order valence-electron chi connectivity index (χ2n) is 6.05. The van der Waals surface area contributed by atoms with Gasteiger partial charge in [0.05, 0.1) is 6.04 Å². The lowest BCUT2D eigenvalue weighted by atomic mass is 10.1. The van der Waals surface area contributed by atoms with Crippen LogP contribution in [-0.2, 0) is 11.2 Å². The number of para-hydroxylation sites is 1. The van der Waals surface area contributed by atoms with E-state index in [0.717, 1.165) is 16.5 Å². The van der Waals surface area contributed by atoms with Crippen molar-refractivity contribution in [3.05, 3.63) is 48.7 Å². The first-order chi connectivity index (χ1) is 9.89. The molecule has 1 amide bonds. The third-order valence-electron chi connectivity index (χ3n) is 3.10. The van der Waals surface area contributed by atoms with Gasteiger partial charge in [0.15, 0.2) is 0 Å². The molecule has 2 aromatic rings. The van der Waals surface area contributed by atoms with Crippen LogP contribution >= 0.6 is 0 Å². The maximum Gasteiger partial charge on any atom is 0.408 e. The zero-order valence-corrected chi connectivity index (χ0v) is 12.8. The van der Waals surface area contributed by atoms with Crippen molar-refractivity contribution in [2.45, 2.75) is 38.8 Å². The number of hydrogen-bond acceptors (Lipinski definition) is 2. The number of carbonyl (C=O) groups is 1. The van der Waals surface area contributed by atoms with Gasteiger partial charge in [0, 0.05) is 17.1 Å². The van der Waals surface area contributed by atoms with Gasteiger partial charge < -0.3 is 15.0 Å². The maximum atomic E-state index is 11.8. The number of H-pyrrole nitrogens is 1. The van der Waals surface area contributed by atoms with Crippen molar-refractivity contribution in [3.63, 3.8) is 0 Å². The second kappa shape index (κ2) is 6.04. The van der Waals surface area contributed by atoms with E-state index in [1.807, 2.05) is 45.2 Å². The number of fused-ring (bicyclic) bond motifs is 1. The molecule has 1 aromatic heterocycles. The van der Waals surface area contributed by atoms with Crippen molar-refractivity contribution in [3.8, 4) is 0 Å². The van der Waals surface area contributed by atoms with E-state index in [9.17, 15) is 4.79 Å². The molecule has 1 atom stereocenters. The molecular formula is C17H22N2O2. The van der Waals surface area contributed by atoms with E-state index >= 15 is 0 Å². The van der Waals surface area contributed by atoms with Crippen LogP contribution in [0.2, 0.25) is 0 Å². The molecule has 0 saturated carbocycles. The highest BCUT2D eigenvalue weighted by Crippen LogP contribution is 2.19. The molecule has 0 aliphatic carbocycles. The zero-order chi connectivity index (χ0) is 15.5. The molecule has 0 aliphatic rings. The minimum Gasteiger partial charge on any atom is -0.444 e. The van der Waals surface area contributed by atoms with Crippen LogP contribution < -0.4 is 5.32 Å². The molecule has 1 aromatic carbocycles. The number of rotatable bonds is 4. The number of aromatic nitrogens is 1. The number of hydrogen-bond donors (Lipinski definition) is 2. The molecule has 0 bridgehead atoms. The van der Waals surface area contributed by atoms with Gasteiger partial charge in [0.1, 0.15) is 5.60 Å². The summed E-state index contributed by atoms with van der Waals surface area (Å²) < 4.78 is 5.27. The summed E-state index contributed by atoms with van der Waals surface area (Å²) in [6, 6.07) is 7.92. The van der Waals surface area contributed by atoms with E-state index in [-0.39, 0.29) is 6.04 Å². The molecule has 112 valence electrons. The molecule has 0 saturated heterocycles. The number of benzene rings is 1. The van der Waals surface area contributed by atoms with E-state index in [4.69, 9.17) is 4.74 Å². The lowest BCUT2D eigenvalue weighted by Gasteiger charge is -2.22. The highest BCUT2D eigenvalue weighted by molar-refractivity contribution is 5.83. The van der Waals surface area contributed by atoms with Gasteiger partial charge in [-0.3, -0.25) is 0 Å². The molecule has 1 unspecified atom stereocenters. The van der Waals surface area contributed by atoms with Crippen LogP contribution in [0.3, 0.4) is 0 Å². The average Bonchev–Trinajstić information content (AvgIpc) is 2.79. The molecule has 21 heavy (non-hydrogen) atoms. The minimum atomic E-state index is -0.503. The van der Waals surface area contributed by atoms with E-state index in [1.165, 1.54) is 0 Å². The molecule has 2 N–H and O–H groups in total. The summed E-state index contributed by atoms with van der Waals surface area (Å²) in [6.07, 6.45) is 3.95. The van der Waals surface area contributed by atoms with Crippen molar-refractivity contribution < 1.29 is 9.53 Å². The summed E-state index contributed by atoms with van der Waals surface area (Å²) >= 11 is 0. The molecule has 2 rings (SSSR count). The van der Waals surface area contributed by atoms with Gasteiger partial charge in [0.25, 0.3) is 0 Å². The van der Waals surface area contributed by atoms with Crippen LogP contribution in [0.15, 0.2) is 43.1 Å². The van der Waals surface area contributed by atoms with E-state index in [0.29, 0.717) is 6.42 Å². The summed E-state index contributed by atoms with van der Waals surface area (Å²) in [6.45, 7) is 9.32. The SMILES string of the molecule is C=CC(Cc1c[nH]c2ccccc12)NC(=O)OC(C)(C)C. The highest BCUT2D eigenvalue weighted by atomic mass is 16.6. The van der Waals surface area contributed by atoms with Crippen LogP contribution in [0, 0.1) is 0 Å². The summed E-state index contributed by atoms with van der Waals surface area (Å²) in [5, 5.41) is 4.00. The number of ether oxygens (including phenoxy) is 1. The Morgan fingerprint density at radius 2 is 2.14 bits per heavy atom. The Morgan fingerprint density at radius 1 is 1.43 bits per heavy atom. The smallest absolute Gasteiger partial charge is 0.408 e. The first-order valence-electron chi connectivity index (χ1n) is 7.06. The van der Waals surface area contributed by atoms with Crippen LogP contribution in [0.4, 0.5) is 4.79 Å². The Morgan fingerprint density at radius 3 is 2.81 bits per heavy atom. The number of amides is 1. The van der Waals surface area contributed by atoms with Gasteiger partial charge >= 0.3 is 6.09 Å². The van der Waals surface area contributed by atoms with E-state index < -0.39 is 11.7 Å². The van der Waals surface area contributed by atoms with Crippen molar-refractivity contribution in [2.75, 3.05) is 0 Å². The second-order valence-corrected chi connectivity index (χ2v) is 6.05. The lowest BCUT2D eigenvalue weighted by molar-refractivity contribution is 0.0514. The molecule has 4 heteroatoms. The summed E-state index contributed by atoms with van der Waals surface area (Å²) in [5.41, 5.74) is 1.73. The monoisotopic (exact) mass is 286 g/mol. The Kier molecular flexibility index (Phi) is 4.36. The standard InChI is InChI=1S/C17H22N2O2/c1-5-13(19-16(20)21-17(2,3)4)10-12-11-18-15-9-7-6-8-14(12)15/h5-9,11,13,18H,1,10H2,2-4H3,(H,19,20). The van der Waals surface area contributed by atoms with E-state index in [2.05, 4.69) is 22.9 Å². The summed E-state index contributed by atoms with van der Waals surface area (Å²) in [7, 11) is 0. The van der Waals surface area contributed by atoms with Crippen LogP contribution in [0.5, 0.6) is 0 Å². The fourth-order valence-electron chi connectivity index (χ4n) is 2.19. The summed E-state index contributed by atoms with van der Waals surface area (Å²) in [5.74, 6) is 0. The molecule has 0 spiro atoms. The Hall–Kier alpha value is -2.23. The first-order valence-corrected chi connectivity index (χ1v) is 7.06. The molecule has 1 heterocycles. The van der Waals surface area contributed by atoms with Crippen LogP contribution in [0.1, 0.15) is 26.3 Å². The van der Waals surface area contributed by atoms with Crippen LogP contribution in [0.25, 0.3) is 10.9 Å². The largest absolute Gasteiger partial charge is 0.444 e. The van der Waals surface area contributed by atoms with Gasteiger partial charge in [-0.25, -0.2) is 4.79 Å². The van der Waals surface area contributed by atoms with Crippen molar-refractivity contribution >= 4 is 17.0 Å². The molecular weight excluding hydrogens is 264 g/mol. The first kappa shape index (κ1) is 15.2. The van der Waals surface area contributed by atoms with Crippen LogP contribution in [-0.4, -0.2) is 22.7 Å². The van der Waals surface area contributed by atoms with Gasteiger partial charge in [0.2, 0.25) is 0 Å². The fourth-order valence-corrected chi connectivity index (χ4v) is 2.19. The number of nitrogens with one attached hydrogen (secondary N) is 2. The fraction of sp³-hybridized carbons (Fsp3) is 0.353. The molecule has 4 nitrogen and oxygen atoms in total. The lowest BCUT2D eigenvalue weighted by Crippen LogP contribution is -2.39. The average molecular weight is 286 g/mol. The van der Waals surface area contributed by atoms with Crippen molar-refractivity contribution in [2.24, 2.45) is 0 Å². The zero-order valence-electron chi connectivity index (χ0n) is 12.8. The third kappa shape index (κ3) is 4.12. The van der Waals surface area contributed by atoms with Gasteiger partial charge in [-0.15, -0.1) is 6.58 Å². The molecule has 0 radical (unpaired) electrons. The van der Waals surface area contributed by atoms with Gasteiger partial charge in [-0.05, 0) is 38.8 Å². The van der Waals surface area contributed by atoms with Crippen molar-refractivity contribution in [1.29, 1.82) is 0 Å². The highest BCUT2D eigenvalue weighted by Gasteiger charge is 2.19. The topological polar surface area (TPSA) is 54.1 Å². The predicted octanol–water partition coefficient (Wildman–Crippen LogP) is 3.79. The van der Waals surface area contributed by atoms with Gasteiger partial charge in [-0.2, -0.15) is 0 Å². The number of carbonyl (C=O) groups excluding carboxylic acids is 1.